The molecule has 0 aromatic rings. The van der Waals surface area contributed by atoms with Crippen LogP contribution in [-0.2, 0) is 14.3 Å². The fourth-order valence-electron chi connectivity index (χ4n) is 10.3. The molecule has 0 spiro atoms. The highest BCUT2D eigenvalue weighted by atomic mass is 16.5. The van der Waals surface area contributed by atoms with Crippen LogP contribution in [0.5, 0.6) is 0 Å². The molecule has 0 heterocycles. The van der Waals surface area contributed by atoms with Crippen LogP contribution in [0.2, 0.25) is 0 Å². The van der Waals surface area contributed by atoms with Gasteiger partial charge in [0.2, 0.25) is 5.91 Å². The lowest BCUT2D eigenvalue weighted by Gasteiger charge is -2.20. The van der Waals surface area contributed by atoms with E-state index < -0.39 is 12.1 Å². The molecule has 0 rings (SSSR count). The number of ether oxygens (including phenoxy) is 1. The van der Waals surface area contributed by atoms with Gasteiger partial charge in [0.25, 0.3) is 0 Å². The first-order valence-electron chi connectivity index (χ1n) is 34.1. The maximum atomic E-state index is 12.4. The van der Waals surface area contributed by atoms with Crippen molar-refractivity contribution in [2.75, 3.05) is 13.2 Å². The lowest BCUT2D eigenvalue weighted by molar-refractivity contribution is -0.143. The molecule has 2 unspecified atom stereocenters. The van der Waals surface area contributed by atoms with E-state index in [2.05, 4.69) is 67.8 Å². The zero-order chi connectivity index (χ0) is 55.7. The molecule has 77 heavy (non-hydrogen) atoms. The summed E-state index contributed by atoms with van der Waals surface area (Å²) < 4.78 is 5.50. The maximum absolute atomic E-state index is 12.4. The van der Waals surface area contributed by atoms with Crippen LogP contribution in [-0.4, -0.2) is 47.4 Å². The van der Waals surface area contributed by atoms with Gasteiger partial charge in [-0.15, -0.1) is 0 Å². The van der Waals surface area contributed by atoms with Gasteiger partial charge in [0.1, 0.15) is 0 Å². The Balaban J connectivity index is 3.37. The highest BCUT2D eigenvalue weighted by molar-refractivity contribution is 5.76. The van der Waals surface area contributed by atoms with Gasteiger partial charge in [-0.05, 0) is 96.3 Å². The SMILES string of the molecule is CCCCCC/C=C\C/C=C\CCCCCCCCCC(=O)OCCCCCCCCCCC/C=C\C/C=C\CCCCCCCCCCCCCCCCCCCC(=O)NC(CO)C(O)/C=C/CCCCCCCCC. The monoisotopic (exact) mass is 1080 g/mol. The molecule has 0 aliphatic heterocycles. The van der Waals surface area contributed by atoms with Crippen LogP contribution in [0, 0.1) is 0 Å². The van der Waals surface area contributed by atoms with Crippen LogP contribution >= 0.6 is 0 Å². The summed E-state index contributed by atoms with van der Waals surface area (Å²) in [5.74, 6) is -0.0624. The van der Waals surface area contributed by atoms with Crippen molar-refractivity contribution in [2.24, 2.45) is 0 Å². The Morgan fingerprint density at radius 2 is 0.649 bits per heavy atom. The van der Waals surface area contributed by atoms with Gasteiger partial charge in [0, 0.05) is 12.8 Å². The van der Waals surface area contributed by atoms with E-state index in [-0.39, 0.29) is 18.5 Å². The number of aliphatic hydroxyl groups is 2. The molecule has 0 bridgehead atoms. The quantitative estimate of drug-likeness (QED) is 0.0320. The molecule has 450 valence electrons. The normalized spacial score (nSPS) is 12.9. The summed E-state index contributed by atoms with van der Waals surface area (Å²) in [5, 5.41) is 23.0. The fourth-order valence-corrected chi connectivity index (χ4v) is 10.3. The summed E-state index contributed by atoms with van der Waals surface area (Å²) in [6.45, 7) is 4.86. The number of hydrogen-bond acceptors (Lipinski definition) is 5. The third-order valence-electron chi connectivity index (χ3n) is 15.5. The smallest absolute Gasteiger partial charge is 0.305 e. The molecule has 0 saturated carbocycles. The number of carbonyl (C=O) groups excluding carboxylic acids is 2. The first kappa shape index (κ1) is 74.6. The third kappa shape index (κ3) is 62.6. The predicted molar refractivity (Wildman–Crippen MR) is 338 cm³/mol. The topological polar surface area (TPSA) is 95.9 Å². The minimum atomic E-state index is -0.841. The van der Waals surface area contributed by atoms with E-state index in [1.807, 2.05) is 6.08 Å². The van der Waals surface area contributed by atoms with Crippen molar-refractivity contribution in [2.45, 2.75) is 366 Å². The van der Waals surface area contributed by atoms with Gasteiger partial charge in [-0.1, -0.05) is 306 Å². The molecule has 0 aliphatic rings. The standard InChI is InChI=1S/C71H131NO5/c1-3-5-7-9-11-13-14-15-16-17-36-39-42-45-49-53-57-61-65-71(76)77-66-62-58-54-50-46-43-40-37-34-32-30-28-26-24-22-20-18-19-21-23-25-27-29-31-33-35-38-41-44-48-52-56-60-64-70(75)72-68(67-73)69(74)63-59-55-51-47-12-10-8-6-4-2/h13-14,16-17,22,24,28,30,59,63,68-69,73-74H,3-12,15,18-21,23,25-27,29,31-58,60-62,64-67H2,1-2H3,(H,72,75)/b14-13-,17-16-,24-22-,30-28-,63-59+. The zero-order valence-electron chi connectivity index (χ0n) is 51.4. The summed E-state index contributed by atoms with van der Waals surface area (Å²) in [7, 11) is 0. The maximum Gasteiger partial charge on any atom is 0.305 e. The van der Waals surface area contributed by atoms with Crippen molar-refractivity contribution >= 4 is 11.9 Å². The summed E-state index contributed by atoms with van der Waals surface area (Å²) in [5.41, 5.74) is 0. The number of aliphatic hydroxyl groups excluding tert-OH is 2. The number of allylic oxidation sites excluding steroid dienone is 9. The second kappa shape index (κ2) is 66.1. The molecule has 3 N–H and O–H groups in total. The van der Waals surface area contributed by atoms with Gasteiger partial charge in [0.15, 0.2) is 0 Å². The van der Waals surface area contributed by atoms with Gasteiger partial charge in [-0.25, -0.2) is 0 Å². The Labute approximate surface area is 479 Å². The Morgan fingerprint density at radius 3 is 1.00 bits per heavy atom. The molecule has 1 amide bonds. The van der Waals surface area contributed by atoms with E-state index in [1.165, 1.54) is 270 Å². The van der Waals surface area contributed by atoms with Gasteiger partial charge in [0.05, 0.1) is 25.4 Å². The highest BCUT2D eigenvalue weighted by Crippen LogP contribution is 2.17. The number of nitrogens with one attached hydrogen (secondary N) is 1. The third-order valence-corrected chi connectivity index (χ3v) is 15.5. The van der Waals surface area contributed by atoms with E-state index in [1.54, 1.807) is 6.08 Å². The summed E-state index contributed by atoms with van der Waals surface area (Å²) >= 11 is 0. The fraction of sp³-hybridized carbons (Fsp3) is 0.831. The average molecular weight is 1080 g/mol. The van der Waals surface area contributed by atoms with E-state index in [4.69, 9.17) is 4.74 Å². The van der Waals surface area contributed by atoms with E-state index >= 15 is 0 Å². The molecule has 0 fully saturated rings. The average Bonchev–Trinajstić information content (AvgIpc) is 3.43. The molecule has 6 nitrogen and oxygen atoms in total. The van der Waals surface area contributed by atoms with Crippen molar-refractivity contribution in [1.29, 1.82) is 0 Å². The van der Waals surface area contributed by atoms with E-state index in [0.29, 0.717) is 19.4 Å². The van der Waals surface area contributed by atoms with Gasteiger partial charge >= 0.3 is 5.97 Å². The lowest BCUT2D eigenvalue weighted by atomic mass is 10.0. The Kier molecular flexibility index (Phi) is 64.0. The Bertz CT molecular complexity index is 1340. The predicted octanol–water partition coefficient (Wildman–Crippen LogP) is 21.9. The number of unbranched alkanes of at least 4 members (excludes halogenated alkanes) is 44. The van der Waals surface area contributed by atoms with Gasteiger partial charge in [-0.3, -0.25) is 9.59 Å². The minimum Gasteiger partial charge on any atom is -0.466 e. The number of carbonyl (C=O) groups is 2. The summed E-state index contributed by atoms with van der Waals surface area (Å²) in [6.07, 6.45) is 87.4. The van der Waals surface area contributed by atoms with Crippen LogP contribution in [0.15, 0.2) is 60.8 Å². The highest BCUT2D eigenvalue weighted by Gasteiger charge is 2.18. The van der Waals surface area contributed by atoms with Crippen molar-refractivity contribution in [1.82, 2.24) is 5.32 Å². The Hall–Kier alpha value is -2.44. The van der Waals surface area contributed by atoms with Gasteiger partial charge < -0.3 is 20.3 Å². The second-order valence-corrected chi connectivity index (χ2v) is 23.1. The molecule has 0 radical (unpaired) electrons. The summed E-state index contributed by atoms with van der Waals surface area (Å²) in [6, 6.07) is -0.625. The second-order valence-electron chi connectivity index (χ2n) is 23.1. The van der Waals surface area contributed by atoms with Gasteiger partial charge in [-0.2, -0.15) is 0 Å². The van der Waals surface area contributed by atoms with E-state index in [0.717, 1.165) is 57.8 Å². The van der Waals surface area contributed by atoms with Crippen molar-refractivity contribution in [3.05, 3.63) is 60.8 Å². The molecule has 0 aliphatic carbocycles. The molecule has 6 heteroatoms. The number of esters is 1. The van der Waals surface area contributed by atoms with Crippen molar-refractivity contribution in [3.8, 4) is 0 Å². The molecule has 2 atom stereocenters. The first-order chi connectivity index (χ1) is 38.0. The Morgan fingerprint density at radius 1 is 0.364 bits per heavy atom. The van der Waals surface area contributed by atoms with Crippen LogP contribution in [0.4, 0.5) is 0 Å². The first-order valence-corrected chi connectivity index (χ1v) is 34.1. The molecule has 0 aromatic carbocycles. The van der Waals surface area contributed by atoms with Crippen LogP contribution in [0.3, 0.4) is 0 Å². The van der Waals surface area contributed by atoms with Crippen LogP contribution < -0.4 is 5.32 Å². The number of hydrogen-bond donors (Lipinski definition) is 3. The van der Waals surface area contributed by atoms with E-state index in [9.17, 15) is 19.8 Å². The van der Waals surface area contributed by atoms with Crippen molar-refractivity contribution < 1.29 is 24.5 Å². The van der Waals surface area contributed by atoms with Crippen molar-refractivity contribution in [3.63, 3.8) is 0 Å². The zero-order valence-corrected chi connectivity index (χ0v) is 51.4. The lowest BCUT2D eigenvalue weighted by Crippen LogP contribution is -2.45. The number of rotatable bonds is 63. The molecular weight excluding hydrogens is 947 g/mol. The minimum absolute atomic E-state index is 0.00620. The van der Waals surface area contributed by atoms with Crippen LogP contribution in [0.1, 0.15) is 354 Å². The van der Waals surface area contributed by atoms with Crippen LogP contribution in [0.25, 0.3) is 0 Å². The molecule has 0 aromatic heterocycles. The largest absolute Gasteiger partial charge is 0.466 e. The number of amides is 1. The summed E-state index contributed by atoms with van der Waals surface area (Å²) in [4.78, 5) is 24.5. The molecule has 0 saturated heterocycles. The molecular formula is C71H131NO5.